The number of benzene rings is 1. The molecule has 2 heteroatoms. The summed E-state index contributed by atoms with van der Waals surface area (Å²) in [6, 6.07) is 10.6. The van der Waals surface area contributed by atoms with Crippen LogP contribution in [-0.4, -0.2) is 7.11 Å². The Bertz CT molecular complexity index is 553. The summed E-state index contributed by atoms with van der Waals surface area (Å²) in [5.41, 5.74) is 2.72. The zero-order chi connectivity index (χ0) is 12.6. The zero-order valence-corrected chi connectivity index (χ0v) is 11.2. The Balaban J connectivity index is 2.69. The molecule has 17 heavy (non-hydrogen) atoms. The molecule has 1 aromatic carbocycles. The largest absolute Gasteiger partial charge is 0.497 e. The Morgan fingerprint density at radius 1 is 1.06 bits per heavy atom. The van der Waals surface area contributed by atoms with Gasteiger partial charge >= 0.3 is 0 Å². The molecule has 0 aliphatic rings. The Morgan fingerprint density at radius 2 is 1.76 bits per heavy atom. The molecule has 0 aliphatic heterocycles. The van der Waals surface area contributed by atoms with Gasteiger partial charge in [0, 0.05) is 17.5 Å². The second kappa shape index (κ2) is 4.02. The molecule has 0 unspecified atom stereocenters. The van der Waals surface area contributed by atoms with Gasteiger partial charge in [-0.2, -0.15) is 4.57 Å². The van der Waals surface area contributed by atoms with Crippen molar-refractivity contribution in [2.24, 2.45) is 7.05 Å². The number of methoxy groups -OCH3 is 1. The second-order valence-corrected chi connectivity index (χ2v) is 5.45. The van der Waals surface area contributed by atoms with Crippen molar-refractivity contribution in [2.45, 2.75) is 26.2 Å². The van der Waals surface area contributed by atoms with Gasteiger partial charge in [-0.3, -0.25) is 0 Å². The summed E-state index contributed by atoms with van der Waals surface area (Å²) in [6.45, 7) is 6.70. The highest BCUT2D eigenvalue weighted by Crippen LogP contribution is 2.23. The number of hydrogen-bond donors (Lipinski definition) is 0. The molecule has 0 spiro atoms. The first kappa shape index (κ1) is 11.9. The molecule has 2 aromatic rings. The number of fused-ring (bicyclic) bond motifs is 1. The van der Waals surface area contributed by atoms with Crippen molar-refractivity contribution in [1.29, 1.82) is 0 Å². The van der Waals surface area contributed by atoms with Crippen LogP contribution >= 0.6 is 0 Å². The summed E-state index contributed by atoms with van der Waals surface area (Å²) in [5, 5.41) is 1.21. The topological polar surface area (TPSA) is 13.1 Å². The highest BCUT2D eigenvalue weighted by Gasteiger charge is 2.24. The minimum atomic E-state index is 0.156. The van der Waals surface area contributed by atoms with E-state index in [1.807, 2.05) is 6.07 Å². The predicted octanol–water partition coefficient (Wildman–Crippen LogP) is 2.97. The summed E-state index contributed by atoms with van der Waals surface area (Å²) in [6.07, 6.45) is 0. The third-order valence-electron chi connectivity index (χ3n) is 3.15. The number of rotatable bonds is 1. The Hall–Kier alpha value is -1.57. The third-order valence-corrected chi connectivity index (χ3v) is 3.15. The van der Waals surface area contributed by atoms with Crippen molar-refractivity contribution in [2.75, 3.05) is 7.11 Å². The van der Waals surface area contributed by atoms with Crippen molar-refractivity contribution in [1.82, 2.24) is 0 Å². The molecule has 0 aliphatic carbocycles. The summed E-state index contributed by atoms with van der Waals surface area (Å²) >= 11 is 0. The van der Waals surface area contributed by atoms with Crippen molar-refractivity contribution in [3.05, 3.63) is 36.0 Å². The van der Waals surface area contributed by atoms with E-state index in [1.165, 1.54) is 16.6 Å². The molecule has 0 N–H and O–H groups in total. The molecule has 1 aromatic heterocycles. The molecule has 0 fully saturated rings. The van der Waals surface area contributed by atoms with E-state index in [0.717, 1.165) is 5.75 Å². The van der Waals surface area contributed by atoms with Crippen LogP contribution in [0.5, 0.6) is 5.75 Å². The molecule has 0 saturated heterocycles. The summed E-state index contributed by atoms with van der Waals surface area (Å²) in [7, 11) is 3.82. The van der Waals surface area contributed by atoms with Gasteiger partial charge in [-0.25, -0.2) is 0 Å². The van der Waals surface area contributed by atoms with Crippen molar-refractivity contribution in [3.63, 3.8) is 0 Å². The fourth-order valence-corrected chi connectivity index (χ4v) is 2.26. The summed E-state index contributed by atoms with van der Waals surface area (Å²) in [5.74, 6) is 0.904. The second-order valence-electron chi connectivity index (χ2n) is 5.45. The lowest BCUT2D eigenvalue weighted by molar-refractivity contribution is -0.656. The van der Waals surface area contributed by atoms with Crippen LogP contribution in [-0.2, 0) is 12.5 Å². The molecule has 2 nitrogen and oxygen atoms in total. The van der Waals surface area contributed by atoms with Gasteiger partial charge in [0.25, 0.3) is 0 Å². The minimum absolute atomic E-state index is 0.156. The summed E-state index contributed by atoms with van der Waals surface area (Å²) < 4.78 is 7.51. The molecule has 0 bridgehead atoms. The van der Waals surface area contributed by atoms with Gasteiger partial charge < -0.3 is 4.74 Å². The lowest BCUT2D eigenvalue weighted by Gasteiger charge is -2.16. The van der Waals surface area contributed by atoms with Crippen molar-refractivity contribution < 1.29 is 9.30 Å². The van der Waals surface area contributed by atoms with Crippen molar-refractivity contribution >= 4 is 10.9 Å². The van der Waals surface area contributed by atoms with E-state index in [4.69, 9.17) is 4.74 Å². The maximum Gasteiger partial charge on any atom is 0.212 e. The minimum Gasteiger partial charge on any atom is -0.497 e. The average Bonchev–Trinajstić information content (AvgIpc) is 2.27. The fourth-order valence-electron chi connectivity index (χ4n) is 2.26. The molecule has 1 heterocycles. The van der Waals surface area contributed by atoms with E-state index in [-0.39, 0.29) is 5.41 Å². The first-order valence-corrected chi connectivity index (χ1v) is 5.91. The lowest BCUT2D eigenvalue weighted by atomic mass is 9.90. The summed E-state index contributed by atoms with van der Waals surface area (Å²) in [4.78, 5) is 0. The number of hydrogen-bond acceptors (Lipinski definition) is 1. The van der Waals surface area contributed by atoms with Crippen LogP contribution in [0.2, 0.25) is 0 Å². The van der Waals surface area contributed by atoms with Gasteiger partial charge in [0.2, 0.25) is 5.52 Å². The van der Waals surface area contributed by atoms with E-state index in [9.17, 15) is 0 Å². The van der Waals surface area contributed by atoms with Gasteiger partial charge in [0.15, 0.2) is 5.69 Å². The average molecular weight is 230 g/mol. The predicted molar refractivity (Wildman–Crippen MR) is 70.4 cm³/mol. The molecule has 90 valence electrons. The van der Waals surface area contributed by atoms with Gasteiger partial charge in [-0.15, -0.1) is 0 Å². The zero-order valence-electron chi connectivity index (χ0n) is 11.2. The van der Waals surface area contributed by atoms with Gasteiger partial charge in [-0.1, -0.05) is 20.8 Å². The smallest absolute Gasteiger partial charge is 0.212 e. The van der Waals surface area contributed by atoms with Crippen LogP contribution in [0.15, 0.2) is 30.3 Å². The van der Waals surface area contributed by atoms with E-state index >= 15 is 0 Å². The number of ether oxygens (including phenoxy) is 1. The third kappa shape index (κ3) is 2.12. The molecular weight excluding hydrogens is 210 g/mol. The number of pyridine rings is 1. The standard InChI is InChI=1S/C15H20NO/c1-15(2,3)14-9-6-11-10-12(17-5)7-8-13(11)16(14)4/h6-10H,1-5H3/q+1. The monoisotopic (exact) mass is 230 g/mol. The first-order valence-electron chi connectivity index (χ1n) is 5.91. The van der Waals surface area contributed by atoms with E-state index < -0.39 is 0 Å². The van der Waals surface area contributed by atoms with E-state index in [2.05, 4.69) is 56.7 Å². The van der Waals surface area contributed by atoms with Crippen LogP contribution in [0.3, 0.4) is 0 Å². The van der Waals surface area contributed by atoms with Gasteiger partial charge in [-0.05, 0) is 18.2 Å². The van der Waals surface area contributed by atoms with Crippen LogP contribution in [0.4, 0.5) is 0 Å². The molecule has 0 saturated carbocycles. The maximum absolute atomic E-state index is 5.25. The van der Waals surface area contributed by atoms with E-state index in [1.54, 1.807) is 7.11 Å². The Kier molecular flexibility index (Phi) is 2.82. The highest BCUT2D eigenvalue weighted by atomic mass is 16.5. The van der Waals surface area contributed by atoms with Gasteiger partial charge in [0.05, 0.1) is 12.5 Å². The first-order chi connectivity index (χ1) is 7.93. The van der Waals surface area contributed by atoms with Gasteiger partial charge in [0.1, 0.15) is 12.8 Å². The molecule has 0 atom stereocenters. The lowest BCUT2D eigenvalue weighted by Crippen LogP contribution is -2.40. The molecule has 0 amide bonds. The Labute approximate surface area is 103 Å². The van der Waals surface area contributed by atoms with Crippen LogP contribution in [0, 0.1) is 0 Å². The number of nitrogens with zero attached hydrogens (tertiary/aromatic N) is 1. The number of aromatic nitrogens is 1. The quantitative estimate of drug-likeness (QED) is 0.686. The normalized spacial score (nSPS) is 11.8. The SMILES string of the molecule is COc1ccc2c(ccc(C(C)(C)C)[n+]2C)c1. The van der Waals surface area contributed by atoms with Crippen molar-refractivity contribution in [3.8, 4) is 5.75 Å². The van der Waals surface area contributed by atoms with E-state index in [0.29, 0.717) is 0 Å². The van der Waals surface area contributed by atoms with Crippen LogP contribution < -0.4 is 9.30 Å². The maximum atomic E-state index is 5.25. The van der Waals surface area contributed by atoms with Crippen LogP contribution in [0.25, 0.3) is 10.9 Å². The Morgan fingerprint density at radius 3 is 2.35 bits per heavy atom. The molecule has 2 rings (SSSR count). The highest BCUT2D eigenvalue weighted by molar-refractivity contribution is 5.77. The number of aryl methyl sites for hydroxylation is 1. The van der Waals surface area contributed by atoms with Crippen LogP contribution in [0.1, 0.15) is 26.5 Å². The molecular formula is C15H20NO+. The molecule has 0 radical (unpaired) electrons. The fraction of sp³-hybridized carbons (Fsp3) is 0.400.